The molecule has 14 heteroatoms. The van der Waals surface area contributed by atoms with Crippen molar-refractivity contribution in [3.8, 4) is 6.01 Å². The molecule has 28 heavy (non-hydrogen) atoms. The van der Waals surface area contributed by atoms with E-state index in [9.17, 15) is 24.5 Å². The Bertz CT molecular complexity index is 778. The van der Waals surface area contributed by atoms with E-state index in [0.717, 1.165) is 18.5 Å². The van der Waals surface area contributed by atoms with Gasteiger partial charge in [-0.05, 0) is 9.91 Å². The number of hydrogen-bond donors (Lipinski definition) is 0. The van der Waals surface area contributed by atoms with Crippen LogP contribution >= 0.6 is 0 Å². The fraction of sp³-hybridized carbons (Fsp3) is 0.643. The highest BCUT2D eigenvalue weighted by atomic mass is 16.7. The first-order valence-corrected chi connectivity index (χ1v) is 7.92. The van der Waals surface area contributed by atoms with E-state index >= 15 is 0 Å². The third-order valence-electron chi connectivity index (χ3n) is 3.52. The molecule has 2 rings (SSSR count). The molecule has 1 aliphatic rings. The second kappa shape index (κ2) is 8.60. The Morgan fingerprint density at radius 1 is 1.14 bits per heavy atom. The second-order valence-electron chi connectivity index (χ2n) is 5.62. The summed E-state index contributed by atoms with van der Waals surface area (Å²) in [6.07, 6.45) is -4.80. The SMILES string of the molecule is COc1nc([N+](=O)[O-])nn1[C@@H]1O[C@H](COC(C)=O)[C@@H](OC(C)=O)[C@H]1OC(C)=O. The van der Waals surface area contributed by atoms with Gasteiger partial charge in [-0.15, -0.1) is 4.68 Å². The topological polar surface area (TPSA) is 171 Å². The van der Waals surface area contributed by atoms with Crippen LogP contribution in [0.4, 0.5) is 5.95 Å². The Balaban J connectivity index is 2.45. The molecule has 14 nitrogen and oxygen atoms in total. The maximum atomic E-state index is 11.6. The minimum absolute atomic E-state index is 0.302. The van der Waals surface area contributed by atoms with E-state index in [1.54, 1.807) is 0 Å². The average Bonchev–Trinajstić information content (AvgIpc) is 3.14. The predicted octanol–water partition coefficient (Wildman–Crippen LogP) is -0.481. The highest BCUT2D eigenvalue weighted by molar-refractivity contribution is 5.68. The van der Waals surface area contributed by atoms with E-state index in [1.165, 1.54) is 14.0 Å². The first kappa shape index (κ1) is 21.0. The fourth-order valence-electron chi connectivity index (χ4n) is 2.57. The zero-order valence-electron chi connectivity index (χ0n) is 15.4. The number of ether oxygens (including phenoxy) is 5. The van der Waals surface area contributed by atoms with Crippen molar-refractivity contribution in [2.45, 2.75) is 45.3 Å². The minimum atomic E-state index is -1.30. The number of nitrogens with zero attached hydrogens (tertiary/aromatic N) is 4. The van der Waals surface area contributed by atoms with Crippen molar-refractivity contribution in [2.75, 3.05) is 13.7 Å². The predicted molar refractivity (Wildman–Crippen MR) is 84.9 cm³/mol. The molecule has 154 valence electrons. The van der Waals surface area contributed by atoms with Crippen LogP contribution in [0.15, 0.2) is 0 Å². The Morgan fingerprint density at radius 2 is 1.75 bits per heavy atom. The van der Waals surface area contributed by atoms with Gasteiger partial charge in [0, 0.05) is 25.9 Å². The number of nitro groups is 1. The van der Waals surface area contributed by atoms with Crippen LogP contribution in [0, 0.1) is 10.1 Å². The monoisotopic (exact) mass is 402 g/mol. The molecule has 0 N–H and O–H groups in total. The summed E-state index contributed by atoms with van der Waals surface area (Å²) in [4.78, 5) is 47.9. The summed E-state index contributed by atoms with van der Waals surface area (Å²) in [5, 5.41) is 14.6. The quantitative estimate of drug-likeness (QED) is 0.248. The average molecular weight is 402 g/mol. The molecule has 2 heterocycles. The van der Waals surface area contributed by atoms with Gasteiger partial charge < -0.3 is 33.8 Å². The van der Waals surface area contributed by atoms with E-state index in [1.807, 2.05) is 0 Å². The van der Waals surface area contributed by atoms with Crippen LogP contribution in [0.5, 0.6) is 6.01 Å². The maximum Gasteiger partial charge on any atom is 0.494 e. The molecule has 0 radical (unpaired) electrons. The molecule has 0 unspecified atom stereocenters. The summed E-state index contributed by atoms with van der Waals surface area (Å²) in [5.41, 5.74) is 0. The molecular formula is C14H18N4O10. The van der Waals surface area contributed by atoms with Crippen LogP contribution in [0.2, 0.25) is 0 Å². The molecule has 4 atom stereocenters. The lowest BCUT2D eigenvalue weighted by molar-refractivity contribution is -0.394. The molecule has 0 aliphatic carbocycles. The van der Waals surface area contributed by atoms with Gasteiger partial charge in [-0.25, -0.2) is 0 Å². The number of carbonyl (C=O) groups is 3. The Kier molecular flexibility index (Phi) is 6.45. The van der Waals surface area contributed by atoms with Gasteiger partial charge in [0.2, 0.25) is 6.23 Å². The van der Waals surface area contributed by atoms with Gasteiger partial charge >= 0.3 is 29.9 Å². The van der Waals surface area contributed by atoms with Crippen molar-refractivity contribution in [3.63, 3.8) is 0 Å². The lowest BCUT2D eigenvalue weighted by atomic mass is 10.1. The van der Waals surface area contributed by atoms with E-state index in [2.05, 4.69) is 10.1 Å². The second-order valence-corrected chi connectivity index (χ2v) is 5.62. The zero-order chi connectivity index (χ0) is 21.0. The lowest BCUT2D eigenvalue weighted by Crippen LogP contribution is -2.40. The van der Waals surface area contributed by atoms with Crippen molar-refractivity contribution < 1.29 is 43.0 Å². The Morgan fingerprint density at radius 3 is 2.25 bits per heavy atom. The van der Waals surface area contributed by atoms with E-state index in [-0.39, 0.29) is 12.6 Å². The van der Waals surface area contributed by atoms with Crippen molar-refractivity contribution in [3.05, 3.63) is 10.1 Å². The van der Waals surface area contributed by atoms with Crippen LogP contribution in [0.25, 0.3) is 0 Å². The number of hydrogen-bond acceptors (Lipinski definition) is 12. The van der Waals surface area contributed by atoms with Crippen LogP contribution in [-0.2, 0) is 33.3 Å². The van der Waals surface area contributed by atoms with E-state index in [4.69, 9.17) is 23.7 Å². The highest BCUT2D eigenvalue weighted by Gasteiger charge is 2.53. The molecule has 1 fully saturated rings. The summed E-state index contributed by atoms with van der Waals surface area (Å²) in [5.74, 6) is -2.85. The smallest absolute Gasteiger partial charge is 0.463 e. The summed E-state index contributed by atoms with van der Waals surface area (Å²) < 4.78 is 26.8. The van der Waals surface area contributed by atoms with Crippen molar-refractivity contribution in [1.29, 1.82) is 0 Å². The van der Waals surface area contributed by atoms with Gasteiger partial charge in [0.25, 0.3) is 0 Å². The standard InChI is InChI=1S/C14H18N4O10/c1-6(19)25-5-9-10(26-7(2)20)11(27-8(3)21)12(28-9)17-14(24-4)15-13(16-17)18(22)23/h9-12H,5H2,1-4H3/t9-,10-,11-,12-/m1/s1. The van der Waals surface area contributed by atoms with Crippen molar-refractivity contribution in [2.24, 2.45) is 0 Å². The number of rotatable bonds is 7. The third-order valence-corrected chi connectivity index (χ3v) is 3.52. The van der Waals surface area contributed by atoms with Crippen molar-refractivity contribution in [1.82, 2.24) is 14.8 Å². The van der Waals surface area contributed by atoms with Gasteiger partial charge in [0.1, 0.15) is 12.7 Å². The summed E-state index contributed by atoms with van der Waals surface area (Å²) in [6, 6.07) is -0.302. The summed E-state index contributed by atoms with van der Waals surface area (Å²) >= 11 is 0. The zero-order valence-corrected chi connectivity index (χ0v) is 15.4. The molecule has 1 saturated heterocycles. The summed E-state index contributed by atoms with van der Waals surface area (Å²) in [6.45, 7) is 3.07. The first-order chi connectivity index (χ1) is 13.1. The fourth-order valence-corrected chi connectivity index (χ4v) is 2.57. The minimum Gasteiger partial charge on any atom is -0.463 e. The van der Waals surface area contributed by atoms with Crippen LogP contribution in [0.1, 0.15) is 27.0 Å². The molecule has 1 aliphatic heterocycles. The molecule has 1 aromatic rings. The largest absolute Gasteiger partial charge is 0.494 e. The number of carbonyl (C=O) groups excluding carboxylic acids is 3. The van der Waals surface area contributed by atoms with Crippen molar-refractivity contribution >= 4 is 23.9 Å². The molecule has 0 saturated carbocycles. The van der Waals surface area contributed by atoms with Gasteiger partial charge in [-0.1, -0.05) is 0 Å². The lowest BCUT2D eigenvalue weighted by Gasteiger charge is -2.22. The van der Waals surface area contributed by atoms with E-state index < -0.39 is 53.3 Å². The van der Waals surface area contributed by atoms with E-state index in [0.29, 0.717) is 0 Å². The maximum absolute atomic E-state index is 11.6. The number of aromatic nitrogens is 3. The van der Waals surface area contributed by atoms with Gasteiger partial charge in [0.15, 0.2) is 12.2 Å². The van der Waals surface area contributed by atoms with Gasteiger partial charge in [0.05, 0.1) is 7.11 Å². The number of methoxy groups -OCH3 is 1. The van der Waals surface area contributed by atoms with Gasteiger partial charge in [-0.3, -0.25) is 14.4 Å². The molecular weight excluding hydrogens is 384 g/mol. The summed E-state index contributed by atoms with van der Waals surface area (Å²) in [7, 11) is 1.19. The molecule has 0 aromatic carbocycles. The van der Waals surface area contributed by atoms with Crippen LogP contribution in [0.3, 0.4) is 0 Å². The number of esters is 3. The molecule has 0 spiro atoms. The highest BCUT2D eigenvalue weighted by Crippen LogP contribution is 2.36. The Hall–Kier alpha value is -3.29. The van der Waals surface area contributed by atoms with Crippen LogP contribution < -0.4 is 4.74 Å². The van der Waals surface area contributed by atoms with Gasteiger partial charge in [-0.2, -0.15) is 0 Å². The molecule has 0 amide bonds. The molecule has 1 aromatic heterocycles. The third kappa shape index (κ3) is 4.70. The molecule has 0 bridgehead atoms. The Labute approximate surface area is 157 Å². The normalized spacial score (nSPS) is 23.7. The van der Waals surface area contributed by atoms with Crippen LogP contribution in [-0.4, -0.2) is 69.6 Å². The first-order valence-electron chi connectivity index (χ1n) is 7.92.